The molecule has 2 N–H and O–H groups in total. The number of pyridine rings is 1. The topological polar surface area (TPSA) is 74.6 Å². The Morgan fingerprint density at radius 3 is 2.59 bits per heavy atom. The highest BCUT2D eigenvalue weighted by Gasteiger charge is 2.19. The van der Waals surface area contributed by atoms with Gasteiger partial charge in [0.25, 0.3) is 0 Å². The summed E-state index contributed by atoms with van der Waals surface area (Å²) < 4.78 is 0. The molecule has 1 aliphatic rings. The smallest absolute Gasteiger partial charge is 0.230 e. The Bertz CT molecular complexity index is 1160. The van der Waals surface area contributed by atoms with Gasteiger partial charge in [0.1, 0.15) is 0 Å². The number of carbonyl (C=O) groups excluding carboxylic acids is 1. The van der Waals surface area contributed by atoms with Gasteiger partial charge >= 0.3 is 0 Å². The number of amides is 1. The van der Waals surface area contributed by atoms with Gasteiger partial charge in [-0.15, -0.1) is 0 Å². The summed E-state index contributed by atoms with van der Waals surface area (Å²) in [5.74, 6) is -0.173. The van der Waals surface area contributed by atoms with Crippen LogP contribution in [0.3, 0.4) is 0 Å². The van der Waals surface area contributed by atoms with Crippen LogP contribution in [-0.2, 0) is 11.4 Å². The van der Waals surface area contributed by atoms with Crippen LogP contribution in [0.5, 0.6) is 0 Å². The van der Waals surface area contributed by atoms with E-state index in [9.17, 15) is 9.90 Å². The quantitative estimate of drug-likeness (QED) is 0.596. The first-order valence-electron chi connectivity index (χ1n) is 8.98. The number of rotatable bonds is 3. The standard InChI is InChI=1S/C22H17Cl2N3O2/c1-12-5-15(7-16(11-28)25-12)13-3-2-4-14(6-13)19-10-22(29)27-21-9-18(24)17(23)8-20(21)26-19/h2-9,28H,10-11H2,1H3,(H,27,29). The number of aryl methyl sites for hydroxylation is 1. The van der Waals surface area contributed by atoms with Crippen molar-refractivity contribution < 1.29 is 9.90 Å². The SMILES string of the molecule is Cc1cc(-c2cccc(C3=Nc4cc(Cl)c(Cl)cc4NC(=O)C3)c2)cc(CO)n1. The second-order valence-corrected chi connectivity index (χ2v) is 7.61. The van der Waals surface area contributed by atoms with E-state index in [0.29, 0.717) is 32.8 Å². The second-order valence-electron chi connectivity index (χ2n) is 6.79. The van der Waals surface area contributed by atoms with E-state index in [0.717, 1.165) is 22.4 Å². The number of benzene rings is 2. The van der Waals surface area contributed by atoms with E-state index in [-0.39, 0.29) is 18.9 Å². The summed E-state index contributed by atoms with van der Waals surface area (Å²) in [5.41, 5.74) is 5.88. The Balaban J connectivity index is 1.79. The molecular weight excluding hydrogens is 409 g/mol. The molecule has 0 radical (unpaired) electrons. The molecule has 5 nitrogen and oxygen atoms in total. The van der Waals surface area contributed by atoms with Crippen molar-refractivity contribution in [2.24, 2.45) is 4.99 Å². The van der Waals surface area contributed by atoms with Crippen molar-refractivity contribution in [3.63, 3.8) is 0 Å². The van der Waals surface area contributed by atoms with Crippen molar-refractivity contribution in [3.8, 4) is 11.1 Å². The van der Waals surface area contributed by atoms with E-state index in [4.69, 9.17) is 23.2 Å². The summed E-state index contributed by atoms with van der Waals surface area (Å²) in [7, 11) is 0. The summed E-state index contributed by atoms with van der Waals surface area (Å²) >= 11 is 12.2. The molecule has 4 rings (SSSR count). The molecule has 3 aromatic rings. The number of anilines is 1. The maximum atomic E-state index is 12.4. The largest absolute Gasteiger partial charge is 0.390 e. The Labute approximate surface area is 178 Å². The molecule has 1 amide bonds. The summed E-state index contributed by atoms with van der Waals surface area (Å²) in [6.07, 6.45) is 0.130. The van der Waals surface area contributed by atoms with Crippen LogP contribution < -0.4 is 5.32 Å². The van der Waals surface area contributed by atoms with Gasteiger partial charge in [0, 0.05) is 5.69 Å². The Morgan fingerprint density at radius 1 is 1.03 bits per heavy atom. The minimum Gasteiger partial charge on any atom is -0.390 e. The molecule has 0 saturated heterocycles. The maximum Gasteiger partial charge on any atom is 0.230 e. The third-order valence-corrected chi connectivity index (χ3v) is 5.32. The fourth-order valence-corrected chi connectivity index (χ4v) is 3.61. The fraction of sp³-hybridized carbons (Fsp3) is 0.136. The number of hydrogen-bond donors (Lipinski definition) is 2. The lowest BCUT2D eigenvalue weighted by atomic mass is 9.99. The number of aliphatic hydroxyl groups excluding tert-OH is 1. The van der Waals surface area contributed by atoms with Gasteiger partial charge in [0.05, 0.1) is 45.9 Å². The molecule has 0 spiro atoms. The minimum atomic E-state index is -0.173. The van der Waals surface area contributed by atoms with Crippen molar-refractivity contribution in [2.75, 3.05) is 5.32 Å². The molecule has 1 aliphatic heterocycles. The van der Waals surface area contributed by atoms with Gasteiger partial charge in [0.2, 0.25) is 5.91 Å². The van der Waals surface area contributed by atoms with Crippen LogP contribution in [0.1, 0.15) is 23.4 Å². The number of carbonyl (C=O) groups is 1. The number of aliphatic hydroxyl groups is 1. The molecule has 1 aromatic heterocycles. The first-order chi connectivity index (χ1) is 13.9. The number of hydrogen-bond acceptors (Lipinski definition) is 4. The minimum absolute atomic E-state index is 0.124. The molecule has 0 fully saturated rings. The summed E-state index contributed by atoms with van der Waals surface area (Å²) in [6.45, 7) is 1.76. The van der Waals surface area contributed by atoms with Gasteiger partial charge in [-0.1, -0.05) is 41.4 Å². The van der Waals surface area contributed by atoms with Crippen LogP contribution in [0.25, 0.3) is 11.1 Å². The molecule has 7 heteroatoms. The van der Waals surface area contributed by atoms with Crippen LogP contribution in [-0.4, -0.2) is 21.7 Å². The van der Waals surface area contributed by atoms with Crippen LogP contribution >= 0.6 is 23.2 Å². The normalized spacial score (nSPS) is 13.4. The average molecular weight is 426 g/mol. The van der Waals surface area contributed by atoms with Crippen molar-refractivity contribution in [3.05, 3.63) is 75.5 Å². The van der Waals surface area contributed by atoms with Crippen molar-refractivity contribution in [1.29, 1.82) is 0 Å². The van der Waals surface area contributed by atoms with Crippen LogP contribution in [0, 0.1) is 6.92 Å². The molecule has 146 valence electrons. The molecule has 0 aliphatic carbocycles. The molecule has 0 atom stereocenters. The zero-order chi connectivity index (χ0) is 20.5. The zero-order valence-electron chi connectivity index (χ0n) is 15.5. The molecule has 29 heavy (non-hydrogen) atoms. The molecule has 0 saturated carbocycles. The summed E-state index contributed by atoms with van der Waals surface area (Å²) in [4.78, 5) is 21.4. The van der Waals surface area contributed by atoms with Crippen LogP contribution in [0.2, 0.25) is 10.0 Å². The van der Waals surface area contributed by atoms with Gasteiger partial charge < -0.3 is 10.4 Å². The number of fused-ring (bicyclic) bond motifs is 1. The first-order valence-corrected chi connectivity index (χ1v) is 9.74. The Morgan fingerprint density at radius 2 is 1.79 bits per heavy atom. The lowest BCUT2D eigenvalue weighted by Crippen LogP contribution is -2.15. The van der Waals surface area contributed by atoms with Crippen molar-refractivity contribution >= 4 is 46.2 Å². The van der Waals surface area contributed by atoms with E-state index in [1.54, 1.807) is 12.1 Å². The molecular formula is C22H17Cl2N3O2. The third kappa shape index (κ3) is 4.17. The monoisotopic (exact) mass is 425 g/mol. The van der Waals surface area contributed by atoms with Crippen LogP contribution in [0.15, 0.2) is 53.5 Å². The number of nitrogens with one attached hydrogen (secondary N) is 1. The highest BCUT2D eigenvalue weighted by molar-refractivity contribution is 6.42. The predicted molar refractivity (Wildman–Crippen MR) is 116 cm³/mol. The number of nitrogens with zero attached hydrogens (tertiary/aromatic N) is 2. The number of halogens is 2. The van der Waals surface area contributed by atoms with Gasteiger partial charge in [-0.05, 0) is 53.9 Å². The van der Waals surface area contributed by atoms with E-state index in [1.165, 1.54) is 0 Å². The Kier molecular flexibility index (Phi) is 5.37. The first kappa shape index (κ1) is 19.6. The zero-order valence-corrected chi connectivity index (χ0v) is 17.1. The van der Waals surface area contributed by atoms with E-state index >= 15 is 0 Å². The lowest BCUT2D eigenvalue weighted by molar-refractivity contribution is -0.115. The molecule has 0 unspecified atom stereocenters. The van der Waals surface area contributed by atoms with Gasteiger partial charge in [0.15, 0.2) is 0 Å². The summed E-state index contributed by atoms with van der Waals surface area (Å²) in [5, 5.41) is 13.0. The number of aromatic nitrogens is 1. The van der Waals surface area contributed by atoms with Gasteiger partial charge in [-0.3, -0.25) is 14.8 Å². The van der Waals surface area contributed by atoms with Crippen molar-refractivity contribution in [2.45, 2.75) is 20.0 Å². The summed E-state index contributed by atoms with van der Waals surface area (Å²) in [6, 6.07) is 14.8. The molecule has 2 aromatic carbocycles. The van der Waals surface area contributed by atoms with Gasteiger partial charge in [-0.2, -0.15) is 0 Å². The fourth-order valence-electron chi connectivity index (χ4n) is 3.29. The van der Waals surface area contributed by atoms with E-state index < -0.39 is 0 Å². The van der Waals surface area contributed by atoms with Crippen molar-refractivity contribution in [1.82, 2.24) is 4.98 Å². The highest BCUT2D eigenvalue weighted by atomic mass is 35.5. The lowest BCUT2D eigenvalue weighted by Gasteiger charge is -2.09. The van der Waals surface area contributed by atoms with Gasteiger partial charge in [-0.25, -0.2) is 0 Å². The third-order valence-electron chi connectivity index (χ3n) is 4.59. The molecule has 0 bridgehead atoms. The van der Waals surface area contributed by atoms with E-state index in [2.05, 4.69) is 15.3 Å². The Hall–Kier alpha value is -2.73. The maximum absolute atomic E-state index is 12.4. The van der Waals surface area contributed by atoms with Crippen LogP contribution in [0.4, 0.5) is 11.4 Å². The average Bonchev–Trinajstić information content (AvgIpc) is 2.86. The molecule has 2 heterocycles. The highest BCUT2D eigenvalue weighted by Crippen LogP contribution is 2.36. The second kappa shape index (κ2) is 7.95. The van der Waals surface area contributed by atoms with E-state index in [1.807, 2.05) is 43.3 Å². The number of aliphatic imine (C=N–C) groups is 1. The predicted octanol–water partition coefficient (Wildman–Crippen LogP) is 5.32.